The van der Waals surface area contributed by atoms with Gasteiger partial charge in [0.05, 0.1) is 6.10 Å². The van der Waals surface area contributed by atoms with Gasteiger partial charge < -0.3 is 14.9 Å². The summed E-state index contributed by atoms with van der Waals surface area (Å²) in [7, 11) is 0. The molecule has 3 heteroatoms. The van der Waals surface area contributed by atoms with E-state index in [2.05, 4.69) is 20.8 Å². The van der Waals surface area contributed by atoms with E-state index in [4.69, 9.17) is 4.74 Å². The quantitative estimate of drug-likeness (QED) is 0.754. The first kappa shape index (κ1) is 14.7. The summed E-state index contributed by atoms with van der Waals surface area (Å²) in [4.78, 5) is 0. The number of rotatable bonds is 6. The Kier molecular flexibility index (Phi) is 5.32. The van der Waals surface area contributed by atoms with Gasteiger partial charge in [-0.15, -0.1) is 0 Å². The van der Waals surface area contributed by atoms with Gasteiger partial charge in [0.25, 0.3) is 0 Å². The average molecular weight is 252 g/mol. The van der Waals surface area contributed by atoms with Gasteiger partial charge >= 0.3 is 0 Å². The topological polar surface area (TPSA) is 49.7 Å². The summed E-state index contributed by atoms with van der Waals surface area (Å²) in [5, 5.41) is 19.0. The van der Waals surface area contributed by atoms with Crippen molar-refractivity contribution < 1.29 is 14.9 Å². The molecule has 0 radical (unpaired) electrons. The minimum atomic E-state index is 0.00620. The van der Waals surface area contributed by atoms with Crippen molar-refractivity contribution in [2.24, 2.45) is 11.8 Å². The average Bonchev–Trinajstić information content (AvgIpc) is 2.33. The van der Waals surface area contributed by atoms with Gasteiger partial charge in [0.1, 0.15) is 5.75 Å². The molecule has 0 bridgehead atoms. The number of phenolic OH excluding ortho intramolecular Hbond substituents is 2. The van der Waals surface area contributed by atoms with E-state index in [0.717, 1.165) is 12.8 Å². The SMILES string of the molecule is CCC(C)CC(C)C(C)Oc1cc(O)ccc1O. The van der Waals surface area contributed by atoms with Gasteiger partial charge in [0, 0.05) is 6.07 Å². The molecule has 0 amide bonds. The highest BCUT2D eigenvalue weighted by Crippen LogP contribution is 2.32. The largest absolute Gasteiger partial charge is 0.508 e. The van der Waals surface area contributed by atoms with Gasteiger partial charge in [-0.05, 0) is 37.3 Å². The van der Waals surface area contributed by atoms with Crippen LogP contribution in [0.15, 0.2) is 18.2 Å². The van der Waals surface area contributed by atoms with Crippen molar-refractivity contribution in [2.45, 2.75) is 46.6 Å². The minimum Gasteiger partial charge on any atom is -0.508 e. The van der Waals surface area contributed by atoms with Crippen LogP contribution in [0, 0.1) is 11.8 Å². The summed E-state index contributed by atoms with van der Waals surface area (Å²) in [6, 6.07) is 4.33. The predicted octanol–water partition coefficient (Wildman–Crippen LogP) is 3.94. The molecule has 102 valence electrons. The molecule has 0 aromatic heterocycles. The number of hydrogen-bond acceptors (Lipinski definition) is 3. The summed E-state index contributed by atoms with van der Waals surface area (Å²) >= 11 is 0. The van der Waals surface area contributed by atoms with Crippen LogP contribution in [0.25, 0.3) is 0 Å². The van der Waals surface area contributed by atoms with Crippen LogP contribution < -0.4 is 4.74 Å². The van der Waals surface area contributed by atoms with E-state index in [9.17, 15) is 10.2 Å². The summed E-state index contributed by atoms with van der Waals surface area (Å²) < 4.78 is 5.72. The van der Waals surface area contributed by atoms with Gasteiger partial charge in [-0.3, -0.25) is 0 Å². The number of hydrogen-bond donors (Lipinski definition) is 2. The highest BCUT2D eigenvalue weighted by atomic mass is 16.5. The molecule has 0 saturated heterocycles. The standard InChI is InChI=1S/C15H24O3/c1-5-10(2)8-11(3)12(4)18-15-9-13(16)6-7-14(15)17/h6-7,9-12,16-17H,5,8H2,1-4H3. The third-order valence-electron chi connectivity index (χ3n) is 3.53. The van der Waals surface area contributed by atoms with E-state index < -0.39 is 0 Å². The molecule has 18 heavy (non-hydrogen) atoms. The van der Waals surface area contributed by atoms with Crippen LogP contribution in [0.1, 0.15) is 40.5 Å². The molecule has 3 unspecified atom stereocenters. The molecule has 3 atom stereocenters. The molecule has 0 saturated carbocycles. The van der Waals surface area contributed by atoms with E-state index in [1.54, 1.807) is 0 Å². The van der Waals surface area contributed by atoms with Crippen molar-refractivity contribution in [2.75, 3.05) is 0 Å². The molecule has 2 N–H and O–H groups in total. The van der Waals surface area contributed by atoms with E-state index >= 15 is 0 Å². The molecule has 0 fully saturated rings. The summed E-state index contributed by atoms with van der Waals surface area (Å²) in [5.74, 6) is 1.59. The highest BCUT2D eigenvalue weighted by molar-refractivity contribution is 5.44. The Bertz CT molecular complexity index is 376. The Hall–Kier alpha value is -1.38. The lowest BCUT2D eigenvalue weighted by atomic mass is 9.92. The zero-order valence-corrected chi connectivity index (χ0v) is 11.7. The maximum Gasteiger partial charge on any atom is 0.165 e. The predicted molar refractivity (Wildman–Crippen MR) is 73.1 cm³/mol. The third kappa shape index (κ3) is 4.13. The number of benzene rings is 1. The molecule has 0 aliphatic carbocycles. The van der Waals surface area contributed by atoms with Crippen LogP contribution in [0.3, 0.4) is 0 Å². The summed E-state index contributed by atoms with van der Waals surface area (Å²) in [6.07, 6.45) is 2.26. The molecule has 1 rings (SSSR count). The molecule has 0 spiro atoms. The first-order valence-corrected chi connectivity index (χ1v) is 6.62. The van der Waals surface area contributed by atoms with Crippen LogP contribution in [-0.4, -0.2) is 16.3 Å². The van der Waals surface area contributed by atoms with E-state index in [-0.39, 0.29) is 17.6 Å². The van der Waals surface area contributed by atoms with E-state index in [1.165, 1.54) is 18.2 Å². The molecule has 0 aliphatic rings. The Morgan fingerprint density at radius 1 is 1.17 bits per heavy atom. The molecule has 0 aliphatic heterocycles. The number of aromatic hydroxyl groups is 2. The second-order valence-corrected chi connectivity index (χ2v) is 5.20. The van der Waals surface area contributed by atoms with E-state index in [1.807, 2.05) is 6.92 Å². The molecular formula is C15H24O3. The van der Waals surface area contributed by atoms with Crippen LogP contribution in [0.5, 0.6) is 17.2 Å². The van der Waals surface area contributed by atoms with Crippen LogP contribution in [-0.2, 0) is 0 Å². The maximum absolute atomic E-state index is 9.66. The zero-order valence-electron chi connectivity index (χ0n) is 11.7. The Morgan fingerprint density at radius 2 is 1.83 bits per heavy atom. The Balaban J connectivity index is 2.63. The van der Waals surface area contributed by atoms with Gasteiger partial charge in [-0.2, -0.15) is 0 Å². The molecule has 0 heterocycles. The van der Waals surface area contributed by atoms with Gasteiger partial charge in [0.2, 0.25) is 0 Å². The van der Waals surface area contributed by atoms with Gasteiger partial charge in [0.15, 0.2) is 11.5 Å². The minimum absolute atomic E-state index is 0.00620. The fourth-order valence-electron chi connectivity index (χ4n) is 1.91. The lowest BCUT2D eigenvalue weighted by Crippen LogP contribution is -2.23. The first-order chi connectivity index (χ1) is 8.43. The van der Waals surface area contributed by atoms with Gasteiger partial charge in [-0.1, -0.05) is 27.2 Å². The normalized spacial score (nSPS) is 16.0. The monoisotopic (exact) mass is 252 g/mol. The second kappa shape index (κ2) is 6.53. The lowest BCUT2D eigenvalue weighted by Gasteiger charge is -2.24. The second-order valence-electron chi connectivity index (χ2n) is 5.20. The van der Waals surface area contributed by atoms with Crippen LogP contribution >= 0.6 is 0 Å². The lowest BCUT2D eigenvalue weighted by molar-refractivity contribution is 0.139. The van der Waals surface area contributed by atoms with Crippen molar-refractivity contribution in [3.63, 3.8) is 0 Å². The van der Waals surface area contributed by atoms with Crippen LogP contribution in [0.4, 0.5) is 0 Å². The van der Waals surface area contributed by atoms with Gasteiger partial charge in [-0.25, -0.2) is 0 Å². The molecule has 3 nitrogen and oxygen atoms in total. The highest BCUT2D eigenvalue weighted by Gasteiger charge is 2.17. The van der Waals surface area contributed by atoms with Crippen molar-refractivity contribution in [1.29, 1.82) is 0 Å². The van der Waals surface area contributed by atoms with Crippen molar-refractivity contribution in [3.8, 4) is 17.2 Å². The molecular weight excluding hydrogens is 228 g/mol. The first-order valence-electron chi connectivity index (χ1n) is 6.62. The summed E-state index contributed by atoms with van der Waals surface area (Å²) in [5.41, 5.74) is 0. The molecule has 1 aromatic rings. The van der Waals surface area contributed by atoms with Crippen LogP contribution in [0.2, 0.25) is 0 Å². The number of ether oxygens (including phenoxy) is 1. The number of phenols is 2. The van der Waals surface area contributed by atoms with Crippen molar-refractivity contribution in [1.82, 2.24) is 0 Å². The Labute approximate surface area is 109 Å². The summed E-state index contributed by atoms with van der Waals surface area (Å²) in [6.45, 7) is 8.56. The van der Waals surface area contributed by atoms with Crippen molar-refractivity contribution >= 4 is 0 Å². The smallest absolute Gasteiger partial charge is 0.165 e. The fourth-order valence-corrected chi connectivity index (χ4v) is 1.91. The van der Waals surface area contributed by atoms with E-state index in [0.29, 0.717) is 17.6 Å². The fraction of sp³-hybridized carbons (Fsp3) is 0.600. The van der Waals surface area contributed by atoms with Crippen molar-refractivity contribution in [3.05, 3.63) is 18.2 Å². The third-order valence-corrected chi connectivity index (χ3v) is 3.53. The molecule has 1 aromatic carbocycles. The maximum atomic E-state index is 9.66. The zero-order chi connectivity index (χ0) is 13.7. The Morgan fingerprint density at radius 3 is 2.44 bits per heavy atom.